The van der Waals surface area contributed by atoms with Crippen molar-refractivity contribution in [2.45, 2.75) is 6.92 Å². The number of benzene rings is 2. The van der Waals surface area contributed by atoms with Crippen LogP contribution in [0.3, 0.4) is 0 Å². The number of carbonyl (C=O) groups excluding carboxylic acids is 3. The van der Waals surface area contributed by atoms with Gasteiger partial charge in [-0.25, -0.2) is 4.79 Å². The number of amides is 3. The topological polar surface area (TPSA) is 156 Å². The van der Waals surface area contributed by atoms with Crippen molar-refractivity contribution in [3.8, 4) is 0 Å². The van der Waals surface area contributed by atoms with E-state index in [0.717, 1.165) is 12.2 Å². The number of aliphatic imine (C=N–C) groups is 2. The zero-order valence-corrected chi connectivity index (χ0v) is 21.6. The molecule has 0 aliphatic carbocycles. The van der Waals surface area contributed by atoms with Crippen LogP contribution in [0.2, 0.25) is 0 Å². The molecule has 3 amide bonds. The molecule has 12 nitrogen and oxygen atoms in total. The van der Waals surface area contributed by atoms with E-state index in [1.165, 1.54) is 4.90 Å². The zero-order chi connectivity index (χ0) is 28.3. The Balaban J connectivity index is 1.90. The molecule has 0 aliphatic rings. The Morgan fingerprint density at radius 3 is 1.67 bits per heavy atom. The monoisotopic (exact) mass is 533 g/mol. The number of carbonyl (C=O) groups is 3. The molecule has 39 heavy (non-hydrogen) atoms. The molecule has 0 saturated carbocycles. The van der Waals surface area contributed by atoms with E-state index in [0.29, 0.717) is 43.4 Å². The maximum absolute atomic E-state index is 12.6. The van der Waals surface area contributed by atoms with Crippen LogP contribution >= 0.6 is 0 Å². The van der Waals surface area contributed by atoms with Crippen LogP contribution in [0.5, 0.6) is 0 Å². The van der Waals surface area contributed by atoms with Crippen molar-refractivity contribution in [3.05, 3.63) is 59.7 Å². The van der Waals surface area contributed by atoms with Crippen LogP contribution in [0.25, 0.3) is 0 Å². The molecule has 2 rings (SSSR count). The number of rotatable bonds is 16. The molecule has 0 fully saturated rings. The molecule has 202 valence electrons. The van der Waals surface area contributed by atoms with Gasteiger partial charge in [0.25, 0.3) is 0 Å². The number of hydrogen-bond acceptors (Lipinski definition) is 9. The van der Waals surface area contributed by atoms with Gasteiger partial charge in [-0.15, -0.1) is 0 Å². The zero-order valence-electron chi connectivity index (χ0n) is 21.6. The predicted octanol–water partition coefficient (Wildman–Crippen LogP) is 1.74. The van der Waals surface area contributed by atoms with Crippen LogP contribution in [-0.4, -0.2) is 95.3 Å². The van der Waals surface area contributed by atoms with Crippen LogP contribution in [0.4, 0.5) is 16.2 Å². The fourth-order valence-electron chi connectivity index (χ4n) is 3.16. The van der Waals surface area contributed by atoms with Crippen LogP contribution in [0, 0.1) is 0 Å². The molecule has 2 aromatic carbocycles. The van der Waals surface area contributed by atoms with E-state index in [-0.39, 0.29) is 51.2 Å². The molecule has 0 atom stereocenters. The average molecular weight is 533 g/mol. The first-order valence-corrected chi connectivity index (χ1v) is 12.2. The summed E-state index contributed by atoms with van der Waals surface area (Å²) in [7, 11) is 1.12. The van der Waals surface area contributed by atoms with E-state index in [2.05, 4.69) is 20.6 Å². The van der Waals surface area contributed by atoms with Gasteiger partial charge in [0.05, 0.1) is 6.61 Å². The molecule has 0 heterocycles. The third-order valence-electron chi connectivity index (χ3n) is 5.08. The summed E-state index contributed by atoms with van der Waals surface area (Å²) in [6.07, 6.45) is 1.62. The summed E-state index contributed by atoms with van der Waals surface area (Å²) in [5, 5.41) is 5.48. The minimum absolute atomic E-state index is 0.0692. The maximum atomic E-state index is 12.6. The Bertz CT molecular complexity index is 1080. The van der Waals surface area contributed by atoms with Crippen molar-refractivity contribution in [1.29, 1.82) is 0 Å². The molecule has 0 unspecified atom stereocenters. The second-order valence-corrected chi connectivity index (χ2v) is 7.73. The average Bonchev–Trinajstić information content (AvgIpc) is 2.96. The molecular weight excluding hydrogens is 504 g/mol. The normalized spacial score (nSPS) is 10.6. The molecule has 0 spiro atoms. The fourth-order valence-corrected chi connectivity index (χ4v) is 3.16. The number of ether oxygens (including phenoxy) is 2. The SMILES string of the molecule is CCOCCOC(=O)N(CCNC(=O)c1ccc(N=CB=O)cc1)CCNC(=O)c1ccc(N=CB=O)cc1. The van der Waals surface area contributed by atoms with Gasteiger partial charge in [-0.1, -0.05) is 0 Å². The second-order valence-electron chi connectivity index (χ2n) is 7.73. The minimum atomic E-state index is -0.604. The molecule has 0 aromatic heterocycles. The molecule has 0 radical (unpaired) electrons. The molecule has 0 bridgehead atoms. The van der Waals surface area contributed by atoms with E-state index in [1.54, 1.807) is 48.5 Å². The predicted molar refractivity (Wildman–Crippen MR) is 146 cm³/mol. The van der Waals surface area contributed by atoms with Gasteiger partial charge in [0.2, 0.25) is 0 Å². The number of nitrogens with zero attached hydrogens (tertiary/aromatic N) is 3. The Morgan fingerprint density at radius 2 is 1.26 bits per heavy atom. The van der Waals surface area contributed by atoms with Crippen molar-refractivity contribution in [3.63, 3.8) is 0 Å². The summed E-state index contributed by atoms with van der Waals surface area (Å²) < 4.78 is 31.2. The van der Waals surface area contributed by atoms with Gasteiger partial charge in [-0.3, -0.25) is 0 Å². The first-order valence-electron chi connectivity index (χ1n) is 12.2. The van der Waals surface area contributed by atoms with Crippen molar-refractivity contribution >= 4 is 55.8 Å². The van der Waals surface area contributed by atoms with Crippen molar-refractivity contribution < 1.29 is 33.3 Å². The molecule has 0 aliphatic heterocycles. The van der Waals surface area contributed by atoms with Crippen molar-refractivity contribution in [1.82, 2.24) is 15.5 Å². The van der Waals surface area contributed by atoms with Gasteiger partial charge < -0.3 is 9.47 Å². The van der Waals surface area contributed by atoms with Gasteiger partial charge >= 0.3 is 186 Å². The summed E-state index contributed by atoms with van der Waals surface area (Å²) in [5.41, 5.74) is 1.84. The Hall–Kier alpha value is -4.32. The Labute approximate surface area is 227 Å². The summed E-state index contributed by atoms with van der Waals surface area (Å²) in [6, 6.07) is 12.7. The van der Waals surface area contributed by atoms with E-state index < -0.39 is 6.09 Å². The van der Waals surface area contributed by atoms with Crippen LogP contribution in [-0.2, 0) is 18.9 Å². The number of hydrogen-bond donors (Lipinski definition) is 2. The molecule has 14 heteroatoms. The van der Waals surface area contributed by atoms with Crippen LogP contribution < -0.4 is 10.6 Å². The number of nitrogens with one attached hydrogen (secondary N) is 2. The summed E-state index contributed by atoms with van der Waals surface area (Å²) in [4.78, 5) is 46.7. The molecular formula is C25H29B2N5O7. The summed E-state index contributed by atoms with van der Waals surface area (Å²) >= 11 is 0. The summed E-state index contributed by atoms with van der Waals surface area (Å²) in [5.74, 6) is -0.695. The van der Waals surface area contributed by atoms with E-state index >= 15 is 0 Å². The van der Waals surface area contributed by atoms with Gasteiger partial charge in [0.1, 0.15) is 6.61 Å². The van der Waals surface area contributed by atoms with Crippen LogP contribution in [0.1, 0.15) is 27.6 Å². The third kappa shape index (κ3) is 11.7. The van der Waals surface area contributed by atoms with E-state index in [1.807, 2.05) is 6.92 Å². The van der Waals surface area contributed by atoms with Crippen molar-refractivity contribution in [2.24, 2.45) is 9.98 Å². The van der Waals surface area contributed by atoms with Crippen molar-refractivity contribution in [2.75, 3.05) is 46.0 Å². The van der Waals surface area contributed by atoms with E-state index in [9.17, 15) is 23.8 Å². The van der Waals surface area contributed by atoms with Gasteiger partial charge in [-0.2, -0.15) is 0 Å². The molecule has 2 aromatic rings. The molecule has 0 saturated heterocycles. The first kappa shape index (κ1) is 30.9. The van der Waals surface area contributed by atoms with Gasteiger partial charge in [0, 0.05) is 6.61 Å². The Kier molecular flexibility index (Phi) is 14.3. The van der Waals surface area contributed by atoms with E-state index in [4.69, 9.17) is 9.47 Å². The standard InChI is InChI=1S/C25H29B2N5O7/c1-2-38-15-16-39-25(35)32(13-11-28-23(33)19-3-7-21(8-4-19)30-17-26-36)14-12-29-24(34)20-5-9-22(10-6-20)31-18-27-37/h3-10,17-18H,2,11-16H2,1H3,(H,28,33)(H,29,34). The first-order chi connectivity index (χ1) is 19.0. The van der Waals surface area contributed by atoms with Crippen LogP contribution in [0.15, 0.2) is 58.5 Å². The van der Waals surface area contributed by atoms with Gasteiger partial charge in [0.15, 0.2) is 0 Å². The second kappa shape index (κ2) is 18.0. The van der Waals surface area contributed by atoms with Gasteiger partial charge in [-0.05, 0) is 6.92 Å². The fraction of sp³-hybridized carbons (Fsp3) is 0.320. The quantitative estimate of drug-likeness (QED) is 0.189. The molecule has 2 N–H and O–H groups in total. The Morgan fingerprint density at radius 1 is 0.795 bits per heavy atom. The third-order valence-corrected chi connectivity index (χ3v) is 5.08. The summed E-state index contributed by atoms with van der Waals surface area (Å²) in [6.45, 7) is 3.21.